The van der Waals surface area contributed by atoms with E-state index in [0.29, 0.717) is 12.2 Å². The summed E-state index contributed by atoms with van der Waals surface area (Å²) in [5.74, 6) is 0.608. The van der Waals surface area contributed by atoms with Crippen molar-refractivity contribution in [1.29, 1.82) is 0 Å². The summed E-state index contributed by atoms with van der Waals surface area (Å²) in [7, 11) is 0. The zero-order chi connectivity index (χ0) is 13.4. The highest BCUT2D eigenvalue weighted by Crippen LogP contribution is 2.28. The van der Waals surface area contributed by atoms with Crippen LogP contribution in [0.3, 0.4) is 0 Å². The fourth-order valence-electron chi connectivity index (χ4n) is 2.16. The first-order valence-electron chi connectivity index (χ1n) is 6.21. The standard InChI is InChI=1S/C15H15NO2S/c1-9-4-3-5-11-6-13(18-15(9)11)12(17)7-14-16-10(2)8-19-14/h3-6,8,12,17H,7H2,1-2H3. The van der Waals surface area contributed by atoms with Gasteiger partial charge in [-0.1, -0.05) is 18.2 Å². The molecule has 0 radical (unpaired) electrons. The molecule has 0 aliphatic carbocycles. The monoisotopic (exact) mass is 273 g/mol. The van der Waals surface area contributed by atoms with Gasteiger partial charge in [0.25, 0.3) is 0 Å². The summed E-state index contributed by atoms with van der Waals surface area (Å²) in [6.45, 7) is 3.96. The first-order valence-corrected chi connectivity index (χ1v) is 7.09. The van der Waals surface area contributed by atoms with Crippen LogP contribution in [-0.4, -0.2) is 10.1 Å². The molecule has 1 atom stereocenters. The Morgan fingerprint density at radius 3 is 2.89 bits per heavy atom. The maximum absolute atomic E-state index is 10.2. The van der Waals surface area contributed by atoms with Crippen molar-refractivity contribution < 1.29 is 9.52 Å². The van der Waals surface area contributed by atoms with E-state index in [-0.39, 0.29) is 0 Å². The molecule has 3 nitrogen and oxygen atoms in total. The van der Waals surface area contributed by atoms with Crippen molar-refractivity contribution in [2.45, 2.75) is 26.4 Å². The Morgan fingerprint density at radius 1 is 1.37 bits per heavy atom. The van der Waals surface area contributed by atoms with Crippen LogP contribution in [0.15, 0.2) is 34.1 Å². The third-order valence-corrected chi connectivity index (χ3v) is 4.11. The van der Waals surface area contributed by atoms with Crippen LogP contribution in [0.5, 0.6) is 0 Å². The van der Waals surface area contributed by atoms with E-state index in [4.69, 9.17) is 4.42 Å². The molecule has 3 rings (SSSR count). The molecule has 1 aromatic carbocycles. The zero-order valence-electron chi connectivity index (χ0n) is 10.9. The van der Waals surface area contributed by atoms with Crippen LogP contribution in [0.25, 0.3) is 11.0 Å². The smallest absolute Gasteiger partial charge is 0.137 e. The van der Waals surface area contributed by atoms with Crippen molar-refractivity contribution in [2.24, 2.45) is 0 Å². The number of aryl methyl sites for hydroxylation is 2. The minimum atomic E-state index is -0.641. The Balaban J connectivity index is 1.89. The number of hydrogen-bond donors (Lipinski definition) is 1. The van der Waals surface area contributed by atoms with Gasteiger partial charge in [-0.3, -0.25) is 0 Å². The second-order valence-electron chi connectivity index (χ2n) is 4.74. The van der Waals surface area contributed by atoms with E-state index in [1.165, 1.54) is 0 Å². The molecular weight excluding hydrogens is 258 g/mol. The Labute approximate surface area is 115 Å². The number of hydrogen-bond acceptors (Lipinski definition) is 4. The highest BCUT2D eigenvalue weighted by molar-refractivity contribution is 7.09. The molecule has 0 aliphatic rings. The molecule has 0 spiro atoms. The van der Waals surface area contributed by atoms with Crippen LogP contribution in [0.1, 0.15) is 28.1 Å². The van der Waals surface area contributed by atoms with Crippen LogP contribution < -0.4 is 0 Å². The third kappa shape index (κ3) is 2.41. The molecule has 1 unspecified atom stereocenters. The zero-order valence-corrected chi connectivity index (χ0v) is 11.7. The van der Waals surface area contributed by atoms with Crippen molar-refractivity contribution >= 4 is 22.3 Å². The maximum Gasteiger partial charge on any atom is 0.137 e. The minimum absolute atomic E-state index is 0.497. The SMILES string of the molecule is Cc1csc(CC(O)c2cc3cccc(C)c3o2)n1. The number of rotatable bonds is 3. The molecule has 2 aromatic heterocycles. The van der Waals surface area contributed by atoms with E-state index < -0.39 is 6.10 Å². The lowest BCUT2D eigenvalue weighted by Gasteiger charge is -2.04. The van der Waals surface area contributed by atoms with Crippen molar-refractivity contribution in [2.75, 3.05) is 0 Å². The van der Waals surface area contributed by atoms with Crippen molar-refractivity contribution in [3.05, 3.63) is 51.7 Å². The summed E-state index contributed by atoms with van der Waals surface area (Å²) >= 11 is 1.57. The molecule has 19 heavy (non-hydrogen) atoms. The Morgan fingerprint density at radius 2 is 2.21 bits per heavy atom. The molecular formula is C15H15NO2S. The Kier molecular flexibility index (Phi) is 3.12. The Hall–Kier alpha value is -1.65. The van der Waals surface area contributed by atoms with Crippen molar-refractivity contribution in [3.8, 4) is 0 Å². The van der Waals surface area contributed by atoms with Gasteiger partial charge in [0.1, 0.15) is 17.4 Å². The second-order valence-corrected chi connectivity index (χ2v) is 5.69. The molecule has 1 N–H and O–H groups in total. The highest BCUT2D eigenvalue weighted by atomic mass is 32.1. The topological polar surface area (TPSA) is 46.3 Å². The molecule has 98 valence electrons. The first kappa shape index (κ1) is 12.4. The highest BCUT2D eigenvalue weighted by Gasteiger charge is 2.16. The normalized spacial score (nSPS) is 13.0. The predicted molar refractivity (Wildman–Crippen MR) is 76.5 cm³/mol. The number of aliphatic hydroxyl groups excluding tert-OH is 1. The lowest BCUT2D eigenvalue weighted by Crippen LogP contribution is -1.99. The number of nitrogens with zero attached hydrogens (tertiary/aromatic N) is 1. The van der Waals surface area contributed by atoms with Gasteiger partial charge in [0.05, 0.1) is 5.01 Å². The number of fused-ring (bicyclic) bond motifs is 1. The van der Waals surface area contributed by atoms with E-state index in [1.54, 1.807) is 11.3 Å². The molecule has 0 bridgehead atoms. The molecule has 0 aliphatic heterocycles. The average Bonchev–Trinajstić information content (AvgIpc) is 2.96. The molecule has 3 aromatic rings. The maximum atomic E-state index is 10.2. The fraction of sp³-hybridized carbons (Fsp3) is 0.267. The minimum Gasteiger partial charge on any atom is -0.458 e. The van der Waals surface area contributed by atoms with Crippen LogP contribution in [0.2, 0.25) is 0 Å². The van der Waals surface area contributed by atoms with Gasteiger partial charge in [0.15, 0.2) is 0 Å². The number of thiazole rings is 1. The number of para-hydroxylation sites is 1. The van der Waals surface area contributed by atoms with Gasteiger partial charge in [-0.15, -0.1) is 11.3 Å². The lowest BCUT2D eigenvalue weighted by atomic mass is 10.1. The summed E-state index contributed by atoms with van der Waals surface area (Å²) in [6, 6.07) is 7.91. The van der Waals surface area contributed by atoms with Gasteiger partial charge in [-0.25, -0.2) is 4.98 Å². The molecule has 2 heterocycles. The van der Waals surface area contributed by atoms with Crippen molar-refractivity contribution in [3.63, 3.8) is 0 Å². The summed E-state index contributed by atoms with van der Waals surface area (Å²) in [4.78, 5) is 4.36. The van der Waals surface area contributed by atoms with E-state index in [9.17, 15) is 5.11 Å². The number of aromatic nitrogens is 1. The Bertz CT molecular complexity index is 714. The molecule has 0 saturated carbocycles. The average molecular weight is 273 g/mol. The number of furan rings is 1. The van der Waals surface area contributed by atoms with Gasteiger partial charge < -0.3 is 9.52 Å². The number of benzene rings is 1. The fourth-order valence-corrected chi connectivity index (χ4v) is 2.97. The summed E-state index contributed by atoms with van der Waals surface area (Å²) < 4.78 is 5.77. The summed E-state index contributed by atoms with van der Waals surface area (Å²) in [6.07, 6.45) is -0.144. The van der Waals surface area contributed by atoms with Gasteiger partial charge in [0.2, 0.25) is 0 Å². The molecule has 0 fully saturated rings. The quantitative estimate of drug-likeness (QED) is 0.790. The van der Waals surface area contributed by atoms with Crippen LogP contribution in [0.4, 0.5) is 0 Å². The van der Waals surface area contributed by atoms with Gasteiger partial charge in [-0.05, 0) is 25.5 Å². The van der Waals surface area contributed by atoms with Gasteiger partial charge in [0, 0.05) is 22.9 Å². The summed E-state index contributed by atoms with van der Waals surface area (Å²) in [5.41, 5.74) is 2.93. The molecule has 0 saturated heterocycles. The van der Waals surface area contributed by atoms with Gasteiger partial charge in [-0.2, -0.15) is 0 Å². The molecule has 4 heteroatoms. The van der Waals surface area contributed by atoms with Crippen LogP contribution in [0, 0.1) is 13.8 Å². The number of aliphatic hydroxyl groups is 1. The lowest BCUT2D eigenvalue weighted by molar-refractivity contribution is 0.152. The van der Waals surface area contributed by atoms with Crippen LogP contribution >= 0.6 is 11.3 Å². The van der Waals surface area contributed by atoms with E-state index in [0.717, 1.165) is 27.2 Å². The third-order valence-electron chi connectivity index (χ3n) is 3.12. The van der Waals surface area contributed by atoms with E-state index >= 15 is 0 Å². The van der Waals surface area contributed by atoms with E-state index in [2.05, 4.69) is 4.98 Å². The summed E-state index contributed by atoms with van der Waals surface area (Å²) in [5, 5.41) is 14.2. The largest absolute Gasteiger partial charge is 0.458 e. The first-order chi connectivity index (χ1) is 9.13. The van der Waals surface area contributed by atoms with E-state index in [1.807, 2.05) is 43.5 Å². The molecule has 0 amide bonds. The van der Waals surface area contributed by atoms with Gasteiger partial charge >= 0.3 is 0 Å². The van der Waals surface area contributed by atoms with Crippen LogP contribution in [-0.2, 0) is 6.42 Å². The van der Waals surface area contributed by atoms with Crippen molar-refractivity contribution in [1.82, 2.24) is 4.98 Å². The second kappa shape index (κ2) is 4.79. The predicted octanol–water partition coefficient (Wildman–Crippen LogP) is 3.78.